The van der Waals surface area contributed by atoms with Crippen molar-refractivity contribution >= 4 is 0 Å². The predicted octanol–water partition coefficient (Wildman–Crippen LogP) is 5.05. The van der Waals surface area contributed by atoms with Crippen LogP contribution in [0.2, 0.25) is 0 Å². The van der Waals surface area contributed by atoms with Crippen molar-refractivity contribution in [2.24, 2.45) is 17.8 Å². The van der Waals surface area contributed by atoms with Gasteiger partial charge in [0.15, 0.2) is 0 Å². The Morgan fingerprint density at radius 2 is 1.64 bits per heavy atom. The highest BCUT2D eigenvalue weighted by Crippen LogP contribution is 2.22. The minimum atomic E-state index is 0.754. The van der Waals surface area contributed by atoms with Gasteiger partial charge in [-0.1, -0.05) is 52.7 Å². The lowest BCUT2D eigenvalue weighted by atomic mass is 9.88. The second kappa shape index (κ2) is 8.08. The van der Waals surface area contributed by atoms with E-state index in [1.807, 2.05) is 0 Å². The van der Waals surface area contributed by atoms with Crippen LogP contribution in [0.4, 0.5) is 0 Å². The van der Waals surface area contributed by atoms with Crippen molar-refractivity contribution in [2.75, 3.05) is 0 Å². The normalized spacial score (nSPS) is 18.4. The van der Waals surface area contributed by atoms with E-state index in [0.29, 0.717) is 0 Å². The highest BCUT2D eigenvalue weighted by atomic mass is 14.2. The van der Waals surface area contributed by atoms with Gasteiger partial charge >= 0.3 is 0 Å². The summed E-state index contributed by atoms with van der Waals surface area (Å²) in [4.78, 5) is 0. The van der Waals surface area contributed by atoms with E-state index in [-0.39, 0.29) is 0 Å². The molecule has 0 aliphatic rings. The lowest BCUT2D eigenvalue weighted by Crippen LogP contribution is -2.06. The largest absolute Gasteiger partial charge is 0.0914 e. The standard InChI is InChI=1S/C14H28/c1-6-8-12(3)10-14(5)11-13(4)9-7-2/h6,8,12-14H,7,9-11H2,1-5H3/b8-6+. The lowest BCUT2D eigenvalue weighted by Gasteiger charge is -2.18. The van der Waals surface area contributed by atoms with Crippen LogP contribution in [0.15, 0.2) is 12.2 Å². The van der Waals surface area contributed by atoms with Crippen LogP contribution in [0.3, 0.4) is 0 Å². The number of allylic oxidation sites excluding steroid dienone is 2. The van der Waals surface area contributed by atoms with Crippen molar-refractivity contribution in [3.63, 3.8) is 0 Å². The van der Waals surface area contributed by atoms with E-state index in [1.54, 1.807) is 0 Å². The summed E-state index contributed by atoms with van der Waals surface area (Å²) in [5.74, 6) is 2.54. The fraction of sp³-hybridized carbons (Fsp3) is 0.857. The number of hydrogen-bond acceptors (Lipinski definition) is 0. The van der Waals surface area contributed by atoms with Gasteiger partial charge < -0.3 is 0 Å². The average Bonchev–Trinajstić information content (AvgIpc) is 2.03. The Bertz CT molecular complexity index is 146. The summed E-state index contributed by atoms with van der Waals surface area (Å²) in [7, 11) is 0. The third kappa shape index (κ3) is 7.17. The van der Waals surface area contributed by atoms with E-state index in [2.05, 4.69) is 46.8 Å². The average molecular weight is 196 g/mol. The molecule has 0 aliphatic carbocycles. The second-order valence-electron chi connectivity index (χ2n) is 4.97. The number of rotatable bonds is 7. The summed E-state index contributed by atoms with van der Waals surface area (Å²) in [5.41, 5.74) is 0. The Hall–Kier alpha value is -0.260. The molecule has 84 valence electrons. The van der Waals surface area contributed by atoms with Crippen LogP contribution in [-0.4, -0.2) is 0 Å². The molecule has 0 aromatic rings. The monoisotopic (exact) mass is 196 g/mol. The Morgan fingerprint density at radius 1 is 1.00 bits per heavy atom. The number of hydrogen-bond donors (Lipinski definition) is 0. The molecular weight excluding hydrogens is 168 g/mol. The smallest absolute Gasteiger partial charge is 0.0260 e. The van der Waals surface area contributed by atoms with Crippen LogP contribution in [0.1, 0.15) is 60.3 Å². The summed E-state index contributed by atoms with van der Waals surface area (Å²) >= 11 is 0. The van der Waals surface area contributed by atoms with Crippen molar-refractivity contribution in [2.45, 2.75) is 60.3 Å². The van der Waals surface area contributed by atoms with E-state index in [4.69, 9.17) is 0 Å². The molecule has 0 amide bonds. The van der Waals surface area contributed by atoms with Crippen LogP contribution in [0, 0.1) is 17.8 Å². The van der Waals surface area contributed by atoms with Crippen LogP contribution in [0.5, 0.6) is 0 Å². The molecule has 0 aromatic heterocycles. The molecule has 0 nitrogen and oxygen atoms in total. The molecule has 0 saturated heterocycles. The lowest BCUT2D eigenvalue weighted by molar-refractivity contribution is 0.353. The fourth-order valence-electron chi connectivity index (χ4n) is 2.44. The Morgan fingerprint density at radius 3 is 2.14 bits per heavy atom. The molecule has 0 spiro atoms. The first-order valence-electron chi connectivity index (χ1n) is 6.22. The zero-order valence-corrected chi connectivity index (χ0v) is 10.7. The fourth-order valence-corrected chi connectivity index (χ4v) is 2.44. The van der Waals surface area contributed by atoms with Gasteiger partial charge in [0, 0.05) is 0 Å². The highest BCUT2D eigenvalue weighted by Gasteiger charge is 2.10. The Kier molecular flexibility index (Phi) is 7.93. The SMILES string of the molecule is C/C=C/C(C)CC(C)CC(C)CCC. The minimum Gasteiger partial charge on any atom is -0.0914 e. The van der Waals surface area contributed by atoms with E-state index < -0.39 is 0 Å². The van der Waals surface area contributed by atoms with Crippen LogP contribution < -0.4 is 0 Å². The summed E-state index contributed by atoms with van der Waals surface area (Å²) in [5, 5.41) is 0. The molecule has 3 unspecified atom stereocenters. The summed E-state index contributed by atoms with van der Waals surface area (Å²) in [6, 6.07) is 0. The third-order valence-corrected chi connectivity index (χ3v) is 2.88. The maximum Gasteiger partial charge on any atom is -0.0260 e. The van der Waals surface area contributed by atoms with Gasteiger partial charge in [0.2, 0.25) is 0 Å². The summed E-state index contributed by atoms with van der Waals surface area (Å²) in [6.07, 6.45) is 9.96. The molecule has 0 rings (SSSR count). The molecule has 0 bridgehead atoms. The van der Waals surface area contributed by atoms with Gasteiger partial charge in [-0.25, -0.2) is 0 Å². The molecule has 0 N–H and O–H groups in total. The van der Waals surface area contributed by atoms with Gasteiger partial charge in [0.25, 0.3) is 0 Å². The first-order chi connectivity index (χ1) is 6.60. The molecule has 0 fully saturated rings. The van der Waals surface area contributed by atoms with Gasteiger partial charge in [-0.3, -0.25) is 0 Å². The topological polar surface area (TPSA) is 0 Å². The van der Waals surface area contributed by atoms with E-state index >= 15 is 0 Å². The first kappa shape index (κ1) is 13.7. The van der Waals surface area contributed by atoms with Crippen LogP contribution in [0.25, 0.3) is 0 Å². The molecule has 0 saturated carbocycles. The van der Waals surface area contributed by atoms with Crippen molar-refractivity contribution < 1.29 is 0 Å². The van der Waals surface area contributed by atoms with Gasteiger partial charge in [0.05, 0.1) is 0 Å². The summed E-state index contributed by atoms with van der Waals surface area (Å²) < 4.78 is 0. The molecule has 14 heavy (non-hydrogen) atoms. The quantitative estimate of drug-likeness (QED) is 0.500. The summed E-state index contributed by atoms with van der Waals surface area (Å²) in [6.45, 7) is 11.5. The highest BCUT2D eigenvalue weighted by molar-refractivity contribution is 4.83. The van der Waals surface area contributed by atoms with E-state index in [9.17, 15) is 0 Å². The molecular formula is C14H28. The van der Waals surface area contributed by atoms with Crippen LogP contribution in [-0.2, 0) is 0 Å². The van der Waals surface area contributed by atoms with Crippen molar-refractivity contribution in [1.29, 1.82) is 0 Å². The van der Waals surface area contributed by atoms with Gasteiger partial charge in [0.1, 0.15) is 0 Å². The first-order valence-corrected chi connectivity index (χ1v) is 6.22. The molecule has 0 aromatic carbocycles. The molecule has 0 heterocycles. The zero-order chi connectivity index (χ0) is 11.0. The van der Waals surface area contributed by atoms with Gasteiger partial charge in [-0.15, -0.1) is 0 Å². The third-order valence-electron chi connectivity index (χ3n) is 2.88. The van der Waals surface area contributed by atoms with E-state index in [1.165, 1.54) is 25.7 Å². The molecule has 0 aliphatic heterocycles. The van der Waals surface area contributed by atoms with Crippen molar-refractivity contribution in [1.82, 2.24) is 0 Å². The zero-order valence-electron chi connectivity index (χ0n) is 10.7. The van der Waals surface area contributed by atoms with Gasteiger partial charge in [-0.05, 0) is 37.5 Å². The Balaban J connectivity index is 3.68. The predicted molar refractivity (Wildman–Crippen MR) is 66.4 cm³/mol. The van der Waals surface area contributed by atoms with Crippen LogP contribution >= 0.6 is 0 Å². The molecule has 0 radical (unpaired) electrons. The minimum absolute atomic E-state index is 0.754. The molecule has 3 atom stereocenters. The maximum absolute atomic E-state index is 2.40. The second-order valence-corrected chi connectivity index (χ2v) is 4.97. The molecule has 0 heteroatoms. The van der Waals surface area contributed by atoms with Gasteiger partial charge in [-0.2, -0.15) is 0 Å². The van der Waals surface area contributed by atoms with Crippen molar-refractivity contribution in [3.05, 3.63) is 12.2 Å². The van der Waals surface area contributed by atoms with E-state index in [0.717, 1.165) is 17.8 Å². The van der Waals surface area contributed by atoms with Crippen molar-refractivity contribution in [3.8, 4) is 0 Å². The maximum atomic E-state index is 2.40. The Labute approximate surface area is 90.8 Å².